The zero-order valence-corrected chi connectivity index (χ0v) is 13.1. The molecule has 0 saturated carbocycles. The van der Waals surface area contributed by atoms with E-state index in [0.717, 1.165) is 6.42 Å². The zero-order chi connectivity index (χ0) is 15.5. The van der Waals surface area contributed by atoms with Crippen molar-refractivity contribution in [3.05, 3.63) is 24.3 Å². The van der Waals surface area contributed by atoms with Gasteiger partial charge >= 0.3 is 0 Å². The fourth-order valence-electron chi connectivity index (χ4n) is 1.84. The van der Waals surface area contributed by atoms with Crippen molar-refractivity contribution < 1.29 is 19.0 Å². The summed E-state index contributed by atoms with van der Waals surface area (Å²) < 4.78 is 16.2. The van der Waals surface area contributed by atoms with Crippen LogP contribution in [-0.4, -0.2) is 38.9 Å². The minimum Gasteiger partial charge on any atom is -0.493 e. The Labute approximate surface area is 126 Å². The molecule has 1 N–H and O–H groups in total. The Morgan fingerprint density at radius 2 is 1.95 bits per heavy atom. The number of ether oxygens (including phenoxy) is 3. The van der Waals surface area contributed by atoms with Gasteiger partial charge in [-0.15, -0.1) is 0 Å². The van der Waals surface area contributed by atoms with Crippen LogP contribution in [0.4, 0.5) is 0 Å². The van der Waals surface area contributed by atoms with Gasteiger partial charge in [0.25, 0.3) is 5.91 Å². The van der Waals surface area contributed by atoms with E-state index in [2.05, 4.69) is 5.32 Å². The van der Waals surface area contributed by atoms with Gasteiger partial charge in [0.15, 0.2) is 17.6 Å². The molecule has 5 heteroatoms. The molecule has 1 aromatic carbocycles. The van der Waals surface area contributed by atoms with E-state index in [9.17, 15) is 4.79 Å². The minimum absolute atomic E-state index is 0.111. The number of benzene rings is 1. The van der Waals surface area contributed by atoms with E-state index in [-0.39, 0.29) is 5.91 Å². The summed E-state index contributed by atoms with van der Waals surface area (Å²) in [5.74, 6) is 1.09. The van der Waals surface area contributed by atoms with Gasteiger partial charge in [0, 0.05) is 19.8 Å². The lowest BCUT2D eigenvalue weighted by Crippen LogP contribution is -2.38. The summed E-state index contributed by atoms with van der Waals surface area (Å²) in [5, 5.41) is 2.87. The standard InChI is InChI=1S/C16H25NO4/c1-4-13(16(18)17-11-8-12-20-5-2)21-15-10-7-6-9-14(15)19-3/h6-7,9-10,13H,4-5,8,11-12H2,1-3H3,(H,17,18)/t13-/m1/s1. The maximum atomic E-state index is 12.1. The second-order valence-corrected chi connectivity index (χ2v) is 4.51. The summed E-state index contributed by atoms with van der Waals surface area (Å²) in [6.07, 6.45) is 0.869. The first-order chi connectivity index (χ1) is 10.2. The van der Waals surface area contributed by atoms with Crippen molar-refractivity contribution in [2.75, 3.05) is 26.9 Å². The maximum Gasteiger partial charge on any atom is 0.261 e. The molecular weight excluding hydrogens is 270 g/mol. The van der Waals surface area contributed by atoms with Gasteiger partial charge in [0.05, 0.1) is 7.11 Å². The molecule has 0 unspecified atom stereocenters. The van der Waals surface area contributed by atoms with Crippen molar-refractivity contribution in [1.82, 2.24) is 5.32 Å². The first-order valence-corrected chi connectivity index (χ1v) is 7.38. The Kier molecular flexibility index (Phi) is 8.28. The lowest BCUT2D eigenvalue weighted by atomic mass is 10.2. The molecule has 1 aromatic rings. The number of nitrogens with one attached hydrogen (secondary N) is 1. The van der Waals surface area contributed by atoms with Crippen LogP contribution in [0.1, 0.15) is 26.7 Å². The molecule has 0 aliphatic carbocycles. The van der Waals surface area contributed by atoms with Crippen LogP contribution in [-0.2, 0) is 9.53 Å². The van der Waals surface area contributed by atoms with Crippen LogP contribution in [0.2, 0.25) is 0 Å². The third-order valence-corrected chi connectivity index (χ3v) is 2.97. The molecule has 21 heavy (non-hydrogen) atoms. The van der Waals surface area contributed by atoms with Crippen LogP contribution in [0.5, 0.6) is 11.5 Å². The molecule has 118 valence electrons. The van der Waals surface area contributed by atoms with Crippen LogP contribution in [0.25, 0.3) is 0 Å². The maximum absolute atomic E-state index is 12.1. The fourth-order valence-corrected chi connectivity index (χ4v) is 1.84. The average Bonchev–Trinajstić information content (AvgIpc) is 2.52. The molecule has 1 amide bonds. The van der Waals surface area contributed by atoms with Crippen molar-refractivity contribution in [3.8, 4) is 11.5 Å². The summed E-state index contributed by atoms with van der Waals surface area (Å²) in [5.41, 5.74) is 0. The SMILES string of the molecule is CCOCCCNC(=O)[C@@H](CC)Oc1ccccc1OC. The van der Waals surface area contributed by atoms with Crippen molar-refractivity contribution >= 4 is 5.91 Å². The smallest absolute Gasteiger partial charge is 0.261 e. The Hall–Kier alpha value is -1.75. The van der Waals surface area contributed by atoms with Crippen LogP contribution in [0, 0.1) is 0 Å². The van der Waals surface area contributed by atoms with Gasteiger partial charge < -0.3 is 19.5 Å². The first-order valence-electron chi connectivity index (χ1n) is 7.38. The number of hydrogen-bond donors (Lipinski definition) is 1. The number of hydrogen-bond acceptors (Lipinski definition) is 4. The Morgan fingerprint density at radius 3 is 2.57 bits per heavy atom. The van der Waals surface area contributed by atoms with E-state index in [1.165, 1.54) is 0 Å². The molecular formula is C16H25NO4. The van der Waals surface area contributed by atoms with Crippen LogP contribution < -0.4 is 14.8 Å². The number of carbonyl (C=O) groups excluding carboxylic acids is 1. The molecule has 0 bridgehead atoms. The molecule has 0 aromatic heterocycles. The molecule has 0 aliphatic rings. The highest BCUT2D eigenvalue weighted by molar-refractivity contribution is 5.81. The van der Waals surface area contributed by atoms with Gasteiger partial charge in [0.2, 0.25) is 0 Å². The minimum atomic E-state index is -0.520. The number of carbonyl (C=O) groups is 1. The van der Waals surface area contributed by atoms with E-state index in [0.29, 0.717) is 37.7 Å². The molecule has 0 saturated heterocycles. The highest BCUT2D eigenvalue weighted by atomic mass is 16.5. The number of amides is 1. The summed E-state index contributed by atoms with van der Waals surface area (Å²) >= 11 is 0. The van der Waals surface area contributed by atoms with Crippen molar-refractivity contribution in [3.63, 3.8) is 0 Å². The Balaban J connectivity index is 2.48. The quantitative estimate of drug-likeness (QED) is 0.673. The van der Waals surface area contributed by atoms with E-state index in [1.807, 2.05) is 32.0 Å². The summed E-state index contributed by atoms with van der Waals surface area (Å²) in [6.45, 7) is 5.81. The fraction of sp³-hybridized carbons (Fsp3) is 0.562. The lowest BCUT2D eigenvalue weighted by Gasteiger charge is -2.18. The molecule has 0 fully saturated rings. The predicted octanol–water partition coefficient (Wildman–Crippen LogP) is 2.40. The summed E-state index contributed by atoms with van der Waals surface area (Å²) in [7, 11) is 1.58. The second kappa shape index (κ2) is 10.0. The molecule has 0 aliphatic heterocycles. The molecule has 5 nitrogen and oxygen atoms in total. The van der Waals surface area contributed by atoms with Crippen molar-refractivity contribution in [1.29, 1.82) is 0 Å². The van der Waals surface area contributed by atoms with Gasteiger partial charge in [-0.3, -0.25) is 4.79 Å². The van der Waals surface area contributed by atoms with E-state index < -0.39 is 6.10 Å². The monoisotopic (exact) mass is 295 g/mol. The Morgan fingerprint density at radius 1 is 1.24 bits per heavy atom. The Bertz CT molecular complexity index is 422. The number of para-hydroxylation sites is 2. The van der Waals surface area contributed by atoms with E-state index in [1.54, 1.807) is 13.2 Å². The highest BCUT2D eigenvalue weighted by Crippen LogP contribution is 2.27. The van der Waals surface area contributed by atoms with E-state index >= 15 is 0 Å². The van der Waals surface area contributed by atoms with Crippen molar-refractivity contribution in [2.45, 2.75) is 32.8 Å². The van der Waals surface area contributed by atoms with Gasteiger partial charge in [-0.25, -0.2) is 0 Å². The third-order valence-electron chi connectivity index (χ3n) is 2.97. The van der Waals surface area contributed by atoms with E-state index in [4.69, 9.17) is 14.2 Å². The second-order valence-electron chi connectivity index (χ2n) is 4.51. The lowest BCUT2D eigenvalue weighted by molar-refractivity contribution is -0.128. The average molecular weight is 295 g/mol. The normalized spacial score (nSPS) is 11.8. The van der Waals surface area contributed by atoms with Gasteiger partial charge in [-0.1, -0.05) is 19.1 Å². The van der Waals surface area contributed by atoms with Crippen molar-refractivity contribution in [2.24, 2.45) is 0 Å². The molecule has 1 rings (SSSR count). The third kappa shape index (κ3) is 6.04. The highest BCUT2D eigenvalue weighted by Gasteiger charge is 2.19. The summed E-state index contributed by atoms with van der Waals surface area (Å²) in [6, 6.07) is 7.32. The molecule has 0 heterocycles. The van der Waals surface area contributed by atoms with Gasteiger partial charge in [0.1, 0.15) is 0 Å². The van der Waals surface area contributed by atoms with Gasteiger partial charge in [-0.2, -0.15) is 0 Å². The largest absolute Gasteiger partial charge is 0.493 e. The molecule has 0 radical (unpaired) electrons. The number of methoxy groups -OCH3 is 1. The van der Waals surface area contributed by atoms with Gasteiger partial charge in [-0.05, 0) is 31.9 Å². The molecule has 0 spiro atoms. The predicted molar refractivity (Wildman–Crippen MR) is 81.8 cm³/mol. The van der Waals surface area contributed by atoms with Crippen LogP contribution in [0.15, 0.2) is 24.3 Å². The van der Waals surface area contributed by atoms with Crippen LogP contribution >= 0.6 is 0 Å². The zero-order valence-electron chi connectivity index (χ0n) is 13.1. The van der Waals surface area contributed by atoms with Crippen LogP contribution in [0.3, 0.4) is 0 Å². The molecule has 1 atom stereocenters. The topological polar surface area (TPSA) is 56.8 Å². The summed E-state index contributed by atoms with van der Waals surface area (Å²) in [4.78, 5) is 12.1. The first kappa shape index (κ1) is 17.3. The number of rotatable bonds is 10.